The molecule has 0 spiro atoms. The van der Waals surface area contributed by atoms with Crippen molar-refractivity contribution < 1.29 is 14.3 Å². The number of carbonyl (C=O) groups excluding carboxylic acids is 1. The van der Waals surface area contributed by atoms with Crippen molar-refractivity contribution in [1.82, 2.24) is 9.97 Å². The van der Waals surface area contributed by atoms with E-state index in [1.807, 2.05) is 31.2 Å². The molecule has 6 nitrogen and oxygen atoms in total. The van der Waals surface area contributed by atoms with Crippen LogP contribution in [0.5, 0.6) is 5.75 Å². The van der Waals surface area contributed by atoms with Gasteiger partial charge in [-0.2, -0.15) is 0 Å². The Balaban J connectivity index is 2.10. The number of aromatic nitrogens is 2. The van der Waals surface area contributed by atoms with E-state index in [0.29, 0.717) is 33.3 Å². The molecule has 124 valence electrons. The van der Waals surface area contributed by atoms with Crippen LogP contribution in [0.3, 0.4) is 0 Å². The Morgan fingerprint density at radius 3 is 2.58 bits per heavy atom. The molecule has 0 saturated heterocycles. The molecule has 0 amide bonds. The van der Waals surface area contributed by atoms with Crippen molar-refractivity contribution in [2.75, 3.05) is 19.5 Å². The van der Waals surface area contributed by atoms with E-state index in [2.05, 4.69) is 9.97 Å². The largest absolute Gasteiger partial charge is 0.497 e. The molecule has 3 aromatic rings. The first-order chi connectivity index (χ1) is 11.5. The third kappa shape index (κ3) is 2.78. The maximum atomic E-state index is 12.1. The van der Waals surface area contributed by atoms with Crippen LogP contribution in [0.15, 0.2) is 24.3 Å². The predicted octanol–water partition coefficient (Wildman–Crippen LogP) is 3.43. The number of anilines is 1. The van der Waals surface area contributed by atoms with Gasteiger partial charge in [0.2, 0.25) is 0 Å². The molecule has 0 aliphatic rings. The Kier molecular flexibility index (Phi) is 4.35. The highest BCUT2D eigenvalue weighted by atomic mass is 32.1. The summed E-state index contributed by atoms with van der Waals surface area (Å²) in [6.45, 7) is 3.93. The Labute approximate surface area is 143 Å². The van der Waals surface area contributed by atoms with E-state index >= 15 is 0 Å². The molecule has 1 aromatic carbocycles. The van der Waals surface area contributed by atoms with Crippen LogP contribution in [0.4, 0.5) is 5.82 Å². The summed E-state index contributed by atoms with van der Waals surface area (Å²) in [5.74, 6) is 1.27. The van der Waals surface area contributed by atoms with Crippen LogP contribution in [0.1, 0.15) is 22.2 Å². The number of nitrogen functional groups attached to an aromatic ring is 1. The van der Waals surface area contributed by atoms with Crippen LogP contribution in [0, 0.1) is 6.92 Å². The minimum atomic E-state index is -0.358. The molecule has 2 heterocycles. The fourth-order valence-corrected chi connectivity index (χ4v) is 3.51. The minimum absolute atomic E-state index is 0.324. The van der Waals surface area contributed by atoms with Crippen LogP contribution in [-0.2, 0) is 4.74 Å². The van der Waals surface area contributed by atoms with E-state index in [9.17, 15) is 4.79 Å². The van der Waals surface area contributed by atoms with Gasteiger partial charge < -0.3 is 15.2 Å². The van der Waals surface area contributed by atoms with Crippen LogP contribution < -0.4 is 10.5 Å². The number of fused-ring (bicyclic) bond motifs is 1. The highest BCUT2D eigenvalue weighted by Crippen LogP contribution is 2.34. The van der Waals surface area contributed by atoms with Gasteiger partial charge in [0.1, 0.15) is 21.3 Å². The maximum absolute atomic E-state index is 12.1. The monoisotopic (exact) mass is 343 g/mol. The smallest absolute Gasteiger partial charge is 0.348 e. The number of hydrogen-bond acceptors (Lipinski definition) is 7. The quantitative estimate of drug-likeness (QED) is 0.730. The lowest BCUT2D eigenvalue weighted by Gasteiger charge is -2.04. The van der Waals surface area contributed by atoms with E-state index in [1.165, 1.54) is 11.3 Å². The standard InChI is InChI=1S/C17H17N3O3S/c1-4-23-17(21)13-9(2)12-14(18)19-15(20-16(12)24-13)10-5-7-11(22-3)8-6-10/h5-8H,4H2,1-3H3,(H2,18,19,20). The van der Waals surface area contributed by atoms with Gasteiger partial charge in [0.15, 0.2) is 5.82 Å². The number of thiophene rings is 1. The van der Waals surface area contributed by atoms with Crippen LogP contribution in [0.25, 0.3) is 21.6 Å². The number of methoxy groups -OCH3 is 1. The van der Waals surface area contributed by atoms with Crippen molar-refractivity contribution in [2.45, 2.75) is 13.8 Å². The van der Waals surface area contributed by atoms with Crippen LogP contribution in [0.2, 0.25) is 0 Å². The van der Waals surface area contributed by atoms with E-state index in [-0.39, 0.29) is 5.97 Å². The fraction of sp³-hybridized carbons (Fsp3) is 0.235. The van der Waals surface area contributed by atoms with Crippen molar-refractivity contribution in [3.05, 3.63) is 34.7 Å². The van der Waals surface area contributed by atoms with Gasteiger partial charge in [0.05, 0.1) is 19.1 Å². The average molecular weight is 343 g/mol. The maximum Gasteiger partial charge on any atom is 0.348 e. The minimum Gasteiger partial charge on any atom is -0.497 e. The van der Waals surface area contributed by atoms with Gasteiger partial charge in [0, 0.05) is 5.56 Å². The highest BCUT2D eigenvalue weighted by Gasteiger charge is 2.20. The summed E-state index contributed by atoms with van der Waals surface area (Å²) < 4.78 is 10.2. The lowest BCUT2D eigenvalue weighted by molar-refractivity contribution is 0.0531. The summed E-state index contributed by atoms with van der Waals surface area (Å²) in [5.41, 5.74) is 7.70. The van der Waals surface area contributed by atoms with Gasteiger partial charge in [-0.1, -0.05) is 0 Å². The summed E-state index contributed by atoms with van der Waals surface area (Å²) in [7, 11) is 1.61. The Hall–Kier alpha value is -2.67. The molecule has 0 bridgehead atoms. The zero-order valence-electron chi connectivity index (χ0n) is 13.6. The fourth-order valence-electron chi connectivity index (χ4n) is 2.43. The number of rotatable bonds is 4. The first kappa shape index (κ1) is 16.2. The molecule has 0 fully saturated rings. The number of ether oxygens (including phenoxy) is 2. The normalized spacial score (nSPS) is 10.8. The number of nitrogens with two attached hydrogens (primary N) is 1. The lowest BCUT2D eigenvalue weighted by Crippen LogP contribution is -2.03. The lowest BCUT2D eigenvalue weighted by atomic mass is 10.1. The third-order valence-electron chi connectivity index (χ3n) is 3.63. The van der Waals surface area contributed by atoms with Gasteiger partial charge in [-0.3, -0.25) is 0 Å². The summed E-state index contributed by atoms with van der Waals surface area (Å²) in [5, 5.41) is 0.709. The first-order valence-corrected chi connectivity index (χ1v) is 8.25. The number of esters is 1. The van der Waals surface area contributed by atoms with Crippen molar-refractivity contribution >= 4 is 33.3 Å². The number of nitrogens with zero attached hydrogens (tertiary/aromatic N) is 2. The highest BCUT2D eigenvalue weighted by molar-refractivity contribution is 7.20. The van der Waals surface area contributed by atoms with Gasteiger partial charge >= 0.3 is 5.97 Å². The van der Waals surface area contributed by atoms with Gasteiger partial charge in [-0.05, 0) is 43.7 Å². The Bertz CT molecular complexity index is 904. The zero-order valence-corrected chi connectivity index (χ0v) is 14.4. The van der Waals surface area contributed by atoms with E-state index in [4.69, 9.17) is 15.2 Å². The molecule has 0 atom stereocenters. The molecule has 24 heavy (non-hydrogen) atoms. The van der Waals surface area contributed by atoms with Crippen molar-refractivity contribution in [1.29, 1.82) is 0 Å². The SMILES string of the molecule is CCOC(=O)c1sc2nc(-c3ccc(OC)cc3)nc(N)c2c1C. The van der Waals surface area contributed by atoms with E-state index in [0.717, 1.165) is 16.9 Å². The zero-order chi connectivity index (χ0) is 17.3. The topological polar surface area (TPSA) is 87.3 Å². The average Bonchev–Trinajstić information content (AvgIpc) is 2.92. The molecule has 0 aliphatic heterocycles. The van der Waals surface area contributed by atoms with E-state index in [1.54, 1.807) is 14.0 Å². The van der Waals surface area contributed by atoms with Crippen LogP contribution >= 0.6 is 11.3 Å². The molecule has 2 N–H and O–H groups in total. The summed E-state index contributed by atoms with van der Waals surface area (Å²) in [4.78, 5) is 22.2. The molecule has 2 aromatic heterocycles. The van der Waals surface area contributed by atoms with Crippen molar-refractivity contribution in [2.24, 2.45) is 0 Å². The van der Waals surface area contributed by atoms with Gasteiger partial charge in [0.25, 0.3) is 0 Å². The first-order valence-electron chi connectivity index (χ1n) is 7.43. The van der Waals surface area contributed by atoms with Gasteiger partial charge in [-0.25, -0.2) is 14.8 Å². The second kappa shape index (κ2) is 6.45. The number of aryl methyl sites for hydroxylation is 1. The molecular weight excluding hydrogens is 326 g/mol. The number of hydrogen-bond donors (Lipinski definition) is 1. The molecule has 0 aliphatic carbocycles. The molecule has 3 rings (SSSR count). The summed E-state index contributed by atoms with van der Waals surface area (Å²) in [6, 6.07) is 7.41. The van der Waals surface area contributed by atoms with Crippen LogP contribution in [-0.4, -0.2) is 29.7 Å². The van der Waals surface area contributed by atoms with Crippen molar-refractivity contribution in [3.63, 3.8) is 0 Å². The molecule has 0 saturated carbocycles. The molecule has 0 radical (unpaired) electrons. The molecular formula is C17H17N3O3S. The third-order valence-corrected chi connectivity index (χ3v) is 4.79. The second-order valence-electron chi connectivity index (χ2n) is 5.12. The summed E-state index contributed by atoms with van der Waals surface area (Å²) >= 11 is 1.27. The molecule has 7 heteroatoms. The molecule has 0 unspecified atom stereocenters. The predicted molar refractivity (Wildman–Crippen MR) is 94.5 cm³/mol. The Morgan fingerprint density at radius 1 is 1.25 bits per heavy atom. The van der Waals surface area contributed by atoms with Crippen molar-refractivity contribution in [3.8, 4) is 17.1 Å². The Morgan fingerprint density at radius 2 is 1.96 bits per heavy atom. The van der Waals surface area contributed by atoms with Gasteiger partial charge in [-0.15, -0.1) is 11.3 Å². The van der Waals surface area contributed by atoms with E-state index < -0.39 is 0 Å². The number of benzene rings is 1. The summed E-state index contributed by atoms with van der Waals surface area (Å²) in [6.07, 6.45) is 0. The second-order valence-corrected chi connectivity index (χ2v) is 6.12. The number of carbonyl (C=O) groups is 1.